The van der Waals surface area contributed by atoms with Crippen molar-refractivity contribution in [3.63, 3.8) is 0 Å². The summed E-state index contributed by atoms with van der Waals surface area (Å²) in [5.41, 5.74) is 0. The molecule has 0 unspecified atom stereocenters. The molecule has 0 aliphatic heterocycles. The van der Waals surface area contributed by atoms with Gasteiger partial charge in [0.1, 0.15) is 0 Å². The summed E-state index contributed by atoms with van der Waals surface area (Å²) in [6, 6.07) is 3.41. The Morgan fingerprint density at radius 2 is 1.62 bits per heavy atom. The molecule has 1 nitrogen and oxygen atoms in total. The topological polar surface area (TPSA) is 9.23 Å². The van der Waals surface area contributed by atoms with Crippen molar-refractivity contribution in [2.75, 3.05) is 0 Å². The molecule has 0 heterocycles. The van der Waals surface area contributed by atoms with E-state index in [1.165, 1.54) is 12.1 Å². The minimum absolute atomic E-state index is 0. The molecule has 0 aromatic carbocycles. The van der Waals surface area contributed by atoms with E-state index < -0.39 is 8.32 Å². The Morgan fingerprint density at radius 3 is 1.69 bits per heavy atom. The smallest absolute Gasteiger partial charge is 1.00 e. The molecule has 4 heteroatoms. The Bertz CT molecular complexity index is 99.5. The van der Waals surface area contributed by atoms with Gasteiger partial charge in [0.2, 0.25) is 0 Å². The third-order valence-corrected chi connectivity index (χ3v) is 6.69. The first kappa shape index (κ1) is 19.9. The summed E-state index contributed by atoms with van der Waals surface area (Å²) in [4.78, 5) is 0. The Labute approximate surface area is 111 Å². The van der Waals surface area contributed by atoms with Crippen molar-refractivity contribution < 1.29 is 21.4 Å². The maximum absolute atomic E-state index is 5.96. The van der Waals surface area contributed by atoms with E-state index in [9.17, 15) is 0 Å². The largest absolute Gasteiger partial charge is 2.00 e. The summed E-state index contributed by atoms with van der Waals surface area (Å²) in [6.45, 7) is 12.7. The summed E-state index contributed by atoms with van der Waals surface area (Å²) < 4.78 is 5.96. The Kier molecular flexibility index (Phi) is 15.3. The molecule has 0 spiro atoms. The molecule has 0 aliphatic carbocycles. The summed E-state index contributed by atoms with van der Waals surface area (Å²) in [6.07, 6.45) is 0.378. The van der Waals surface area contributed by atoms with E-state index in [0.29, 0.717) is 6.10 Å². The van der Waals surface area contributed by atoms with Crippen LogP contribution >= 0.6 is 0 Å². The van der Waals surface area contributed by atoms with E-state index >= 15 is 0 Å². The molecule has 0 fully saturated rings. The molecule has 0 saturated carbocycles. The minimum atomic E-state index is -1.39. The predicted octanol–water partition coefficient (Wildman–Crippen LogP) is -0.146. The quantitative estimate of drug-likeness (QED) is 0.502. The summed E-state index contributed by atoms with van der Waals surface area (Å²) in [5, 5.41) is 0. The van der Waals surface area contributed by atoms with E-state index in [1.54, 1.807) is 0 Å². The van der Waals surface area contributed by atoms with Crippen LogP contribution in [0.5, 0.6) is 0 Å². The molecule has 0 aromatic heterocycles. The first-order valence-corrected chi connectivity index (χ1v) is 7.10. The van der Waals surface area contributed by atoms with Crippen molar-refractivity contribution in [3.8, 4) is 0 Å². The van der Waals surface area contributed by atoms with Crippen LogP contribution in [-0.2, 0) is 4.43 Å². The molecule has 0 aliphatic rings. The standard InChI is InChI=1S/C9H21OSi.BrH.Mg/c1-6-11(7-2,8-3)10-9(4)5;;/h9H,1,6-8H2,2-5H3;1H;/q-1;;+2/p-1. The van der Waals surface area contributed by atoms with Crippen LogP contribution in [0.2, 0.25) is 18.1 Å². The van der Waals surface area contributed by atoms with Crippen LogP contribution in [0, 0.1) is 6.92 Å². The van der Waals surface area contributed by atoms with Gasteiger partial charge in [-0.1, -0.05) is 13.8 Å². The van der Waals surface area contributed by atoms with Crippen LogP contribution in [-0.4, -0.2) is 37.5 Å². The van der Waals surface area contributed by atoms with Crippen molar-refractivity contribution >= 4 is 31.4 Å². The summed E-state index contributed by atoms with van der Waals surface area (Å²) in [7, 11) is -1.39. The van der Waals surface area contributed by atoms with Gasteiger partial charge in [0.05, 0.1) is 0 Å². The maximum Gasteiger partial charge on any atom is 2.00 e. The van der Waals surface area contributed by atoms with E-state index in [-0.39, 0.29) is 40.0 Å². The van der Waals surface area contributed by atoms with E-state index in [1.807, 2.05) is 0 Å². The summed E-state index contributed by atoms with van der Waals surface area (Å²) in [5.74, 6) is 0. The van der Waals surface area contributed by atoms with Gasteiger partial charge < -0.3 is 28.3 Å². The summed E-state index contributed by atoms with van der Waals surface area (Å²) >= 11 is 0. The molecule has 0 radical (unpaired) electrons. The van der Waals surface area contributed by atoms with Crippen molar-refractivity contribution in [2.24, 2.45) is 0 Å². The number of halogens is 1. The SMILES string of the molecule is [Br-].[CH2-]C[Si](CC)(CC)OC(C)C.[Mg+2]. The first-order chi connectivity index (χ1) is 5.10. The van der Waals surface area contributed by atoms with Gasteiger partial charge in [-0.05, 0) is 25.9 Å². The monoisotopic (exact) mass is 276 g/mol. The Hall–Kier alpha value is 1.42. The van der Waals surface area contributed by atoms with Crippen LogP contribution in [0.15, 0.2) is 0 Å². The second kappa shape index (κ2) is 9.96. The minimum Gasteiger partial charge on any atom is -1.00 e. The fraction of sp³-hybridized carbons (Fsp3) is 0.889. The van der Waals surface area contributed by atoms with Crippen LogP contribution in [0.1, 0.15) is 27.7 Å². The molecule has 0 N–H and O–H groups in total. The molecule has 13 heavy (non-hydrogen) atoms. The molecule has 0 bridgehead atoms. The second-order valence-electron chi connectivity index (χ2n) is 3.31. The van der Waals surface area contributed by atoms with Gasteiger partial charge >= 0.3 is 23.1 Å². The van der Waals surface area contributed by atoms with Gasteiger partial charge in [0, 0.05) is 6.10 Å². The number of hydrogen-bond donors (Lipinski definition) is 0. The molecular weight excluding hydrogens is 256 g/mol. The van der Waals surface area contributed by atoms with Gasteiger partial charge in [0.25, 0.3) is 0 Å². The Morgan fingerprint density at radius 1 is 1.23 bits per heavy atom. The maximum atomic E-state index is 5.96. The van der Waals surface area contributed by atoms with Crippen LogP contribution in [0.25, 0.3) is 0 Å². The van der Waals surface area contributed by atoms with Crippen molar-refractivity contribution in [2.45, 2.75) is 51.9 Å². The zero-order valence-corrected chi connectivity index (χ0v) is 13.4. The zero-order chi connectivity index (χ0) is 8.91. The van der Waals surface area contributed by atoms with Crippen LogP contribution in [0.4, 0.5) is 0 Å². The van der Waals surface area contributed by atoms with Gasteiger partial charge in [-0.25, -0.2) is 0 Å². The molecule has 0 amide bonds. The van der Waals surface area contributed by atoms with E-state index in [4.69, 9.17) is 4.43 Å². The average Bonchev–Trinajstić information content (AvgIpc) is 2.00. The van der Waals surface area contributed by atoms with Crippen molar-refractivity contribution in [1.82, 2.24) is 0 Å². The van der Waals surface area contributed by atoms with Gasteiger partial charge in [-0.3, -0.25) is 0 Å². The second-order valence-corrected chi connectivity index (χ2v) is 7.82. The normalized spacial score (nSPS) is 10.6. The molecule has 0 atom stereocenters. The fourth-order valence-electron chi connectivity index (χ4n) is 1.33. The third-order valence-electron chi connectivity index (χ3n) is 2.23. The fourth-order valence-corrected chi connectivity index (χ4v) is 3.99. The molecule has 0 aromatic rings. The molecular formula is C9H21BrMgOSi. The van der Waals surface area contributed by atoms with E-state index in [0.717, 1.165) is 6.04 Å². The zero-order valence-electron chi connectivity index (χ0n) is 9.40. The Balaban J connectivity index is -0.000000500. The van der Waals surface area contributed by atoms with Gasteiger partial charge in [-0.2, -0.15) is 6.04 Å². The van der Waals surface area contributed by atoms with Crippen LogP contribution < -0.4 is 17.0 Å². The average molecular weight is 278 g/mol. The molecule has 76 valence electrons. The molecule has 0 saturated heterocycles. The van der Waals surface area contributed by atoms with Crippen LogP contribution in [0.3, 0.4) is 0 Å². The number of hydrogen-bond acceptors (Lipinski definition) is 1. The predicted molar refractivity (Wildman–Crippen MR) is 58.9 cm³/mol. The number of rotatable bonds is 5. The molecule has 0 rings (SSSR count). The van der Waals surface area contributed by atoms with Crippen molar-refractivity contribution in [3.05, 3.63) is 6.92 Å². The third kappa shape index (κ3) is 7.36. The first-order valence-electron chi connectivity index (χ1n) is 4.57. The van der Waals surface area contributed by atoms with E-state index in [2.05, 4.69) is 34.6 Å². The van der Waals surface area contributed by atoms with Gasteiger partial charge in [0.15, 0.2) is 8.32 Å². The van der Waals surface area contributed by atoms with Crippen molar-refractivity contribution in [1.29, 1.82) is 0 Å². The van der Waals surface area contributed by atoms with Gasteiger partial charge in [-0.15, -0.1) is 0 Å².